The molecule has 2 aromatic heterocycles. The molecule has 3 aromatic rings. The molecule has 108 valence electrons. The minimum Gasteiger partial charge on any atom is -0.398 e. The van der Waals surface area contributed by atoms with Crippen molar-refractivity contribution < 1.29 is 0 Å². The van der Waals surface area contributed by atoms with Crippen LogP contribution in [-0.4, -0.2) is 15.0 Å². The van der Waals surface area contributed by atoms with Gasteiger partial charge in [0.1, 0.15) is 0 Å². The SMILES string of the molecule is Cc1nc2cc(Sc3nc(C)c(C)c(C)n3)c(N)cc2s1. The number of fused-ring (bicyclic) bond motifs is 1. The summed E-state index contributed by atoms with van der Waals surface area (Å²) in [6.45, 7) is 8.05. The van der Waals surface area contributed by atoms with Crippen molar-refractivity contribution in [2.75, 3.05) is 5.73 Å². The van der Waals surface area contributed by atoms with Crippen molar-refractivity contribution in [2.24, 2.45) is 0 Å². The highest BCUT2D eigenvalue weighted by Crippen LogP contribution is 2.35. The lowest BCUT2D eigenvalue weighted by Crippen LogP contribution is -1.98. The van der Waals surface area contributed by atoms with Crippen LogP contribution in [0.25, 0.3) is 10.2 Å². The van der Waals surface area contributed by atoms with Crippen LogP contribution in [0.1, 0.15) is 22.0 Å². The van der Waals surface area contributed by atoms with Gasteiger partial charge < -0.3 is 5.73 Å². The van der Waals surface area contributed by atoms with E-state index in [1.54, 1.807) is 11.3 Å². The Hall–Kier alpha value is -1.66. The van der Waals surface area contributed by atoms with E-state index in [-0.39, 0.29) is 0 Å². The number of aromatic nitrogens is 3. The Morgan fingerprint density at radius 3 is 2.33 bits per heavy atom. The molecule has 0 aliphatic carbocycles. The van der Waals surface area contributed by atoms with Crippen LogP contribution in [-0.2, 0) is 0 Å². The predicted octanol–water partition coefficient (Wildman–Crippen LogP) is 4.05. The Kier molecular flexibility index (Phi) is 3.59. The molecule has 0 saturated heterocycles. The monoisotopic (exact) mass is 316 g/mol. The van der Waals surface area contributed by atoms with Crippen LogP contribution in [0.3, 0.4) is 0 Å². The number of thiazole rings is 1. The largest absolute Gasteiger partial charge is 0.398 e. The Morgan fingerprint density at radius 2 is 1.67 bits per heavy atom. The van der Waals surface area contributed by atoms with Crippen molar-refractivity contribution in [1.82, 2.24) is 15.0 Å². The normalized spacial score (nSPS) is 11.2. The number of nitrogens with two attached hydrogens (primary N) is 1. The third kappa shape index (κ3) is 2.73. The molecule has 0 bridgehead atoms. The molecule has 0 unspecified atom stereocenters. The van der Waals surface area contributed by atoms with E-state index in [4.69, 9.17) is 5.73 Å². The second kappa shape index (κ2) is 5.27. The van der Waals surface area contributed by atoms with Gasteiger partial charge in [0.05, 0.1) is 15.2 Å². The number of aryl methyl sites for hydroxylation is 3. The lowest BCUT2D eigenvalue weighted by Gasteiger charge is -2.08. The first-order valence-electron chi connectivity index (χ1n) is 6.60. The third-order valence-electron chi connectivity index (χ3n) is 3.44. The summed E-state index contributed by atoms with van der Waals surface area (Å²) in [7, 11) is 0. The molecule has 4 nitrogen and oxygen atoms in total. The molecular weight excluding hydrogens is 300 g/mol. The van der Waals surface area contributed by atoms with Gasteiger partial charge in [-0.25, -0.2) is 15.0 Å². The summed E-state index contributed by atoms with van der Waals surface area (Å²) in [6.07, 6.45) is 0. The Bertz CT molecular complexity index is 816. The molecule has 0 radical (unpaired) electrons. The van der Waals surface area contributed by atoms with Crippen molar-refractivity contribution in [1.29, 1.82) is 0 Å². The first-order valence-corrected chi connectivity index (χ1v) is 8.23. The molecule has 6 heteroatoms. The lowest BCUT2D eigenvalue weighted by atomic mass is 10.2. The van der Waals surface area contributed by atoms with Gasteiger partial charge in [-0.05, 0) is 57.2 Å². The zero-order chi connectivity index (χ0) is 15.1. The second-order valence-corrected chi connectivity index (χ2v) is 7.24. The average Bonchev–Trinajstić information content (AvgIpc) is 2.75. The highest BCUT2D eigenvalue weighted by Gasteiger charge is 2.11. The maximum absolute atomic E-state index is 6.15. The second-order valence-electron chi connectivity index (χ2n) is 4.99. The van der Waals surface area contributed by atoms with Crippen LogP contribution < -0.4 is 5.73 Å². The summed E-state index contributed by atoms with van der Waals surface area (Å²) in [5.41, 5.74) is 11.0. The van der Waals surface area contributed by atoms with Crippen molar-refractivity contribution in [3.8, 4) is 0 Å². The molecule has 2 N–H and O–H groups in total. The van der Waals surface area contributed by atoms with E-state index < -0.39 is 0 Å². The van der Waals surface area contributed by atoms with Gasteiger partial charge in [0, 0.05) is 22.0 Å². The fourth-order valence-corrected chi connectivity index (χ4v) is 3.83. The standard InChI is InChI=1S/C15H16N4S2/c1-7-8(2)17-15(18-9(7)3)21-13-6-12-14(5-11(13)16)20-10(4)19-12/h5-6H,16H2,1-4H3. The van der Waals surface area contributed by atoms with Gasteiger partial charge in [0.15, 0.2) is 5.16 Å². The Morgan fingerprint density at radius 1 is 1.00 bits per heavy atom. The van der Waals surface area contributed by atoms with Gasteiger partial charge >= 0.3 is 0 Å². The van der Waals surface area contributed by atoms with E-state index in [1.807, 2.05) is 39.8 Å². The molecule has 0 fully saturated rings. The van der Waals surface area contributed by atoms with Crippen molar-refractivity contribution in [3.63, 3.8) is 0 Å². The number of nitrogen functional groups attached to an aromatic ring is 1. The number of benzene rings is 1. The predicted molar refractivity (Wildman–Crippen MR) is 89.1 cm³/mol. The van der Waals surface area contributed by atoms with E-state index in [1.165, 1.54) is 11.8 Å². The van der Waals surface area contributed by atoms with Crippen LogP contribution >= 0.6 is 23.1 Å². The molecule has 3 rings (SSSR count). The van der Waals surface area contributed by atoms with E-state index in [2.05, 4.69) is 15.0 Å². The highest BCUT2D eigenvalue weighted by molar-refractivity contribution is 7.99. The summed E-state index contributed by atoms with van der Waals surface area (Å²) < 4.78 is 1.12. The molecule has 1 aromatic carbocycles. The van der Waals surface area contributed by atoms with Crippen LogP contribution in [0.2, 0.25) is 0 Å². The number of rotatable bonds is 2. The maximum Gasteiger partial charge on any atom is 0.192 e. The number of hydrogen-bond acceptors (Lipinski definition) is 6. The van der Waals surface area contributed by atoms with Crippen LogP contribution in [0.15, 0.2) is 22.2 Å². The van der Waals surface area contributed by atoms with Gasteiger partial charge in [0.25, 0.3) is 0 Å². The third-order valence-corrected chi connectivity index (χ3v) is 5.31. The van der Waals surface area contributed by atoms with E-state index >= 15 is 0 Å². The molecule has 2 heterocycles. The Labute approximate surface area is 131 Å². The van der Waals surface area contributed by atoms with Crippen LogP contribution in [0, 0.1) is 27.7 Å². The fraction of sp³-hybridized carbons (Fsp3) is 0.267. The summed E-state index contributed by atoms with van der Waals surface area (Å²) in [4.78, 5) is 14.5. The molecule has 0 aliphatic heterocycles. The molecule has 0 saturated carbocycles. The molecule has 0 amide bonds. The summed E-state index contributed by atoms with van der Waals surface area (Å²) >= 11 is 3.15. The van der Waals surface area contributed by atoms with E-state index in [0.29, 0.717) is 0 Å². The topological polar surface area (TPSA) is 64.7 Å². The van der Waals surface area contributed by atoms with E-state index in [0.717, 1.165) is 47.9 Å². The zero-order valence-electron chi connectivity index (χ0n) is 12.4. The smallest absolute Gasteiger partial charge is 0.192 e. The summed E-state index contributed by atoms with van der Waals surface area (Å²) in [5, 5.41) is 1.78. The van der Waals surface area contributed by atoms with Gasteiger partial charge in [-0.2, -0.15) is 0 Å². The number of hydrogen-bond donors (Lipinski definition) is 1. The van der Waals surface area contributed by atoms with Crippen LogP contribution in [0.5, 0.6) is 0 Å². The summed E-state index contributed by atoms with van der Waals surface area (Å²) in [6, 6.07) is 4.00. The van der Waals surface area contributed by atoms with Crippen LogP contribution in [0.4, 0.5) is 5.69 Å². The van der Waals surface area contributed by atoms with Gasteiger partial charge in [0.2, 0.25) is 0 Å². The van der Waals surface area contributed by atoms with Gasteiger partial charge in [-0.1, -0.05) is 0 Å². The molecular formula is C15H16N4S2. The van der Waals surface area contributed by atoms with E-state index in [9.17, 15) is 0 Å². The Balaban J connectivity index is 2.03. The highest BCUT2D eigenvalue weighted by atomic mass is 32.2. The van der Waals surface area contributed by atoms with Gasteiger partial charge in [-0.15, -0.1) is 11.3 Å². The minimum absolute atomic E-state index is 0.730. The average molecular weight is 316 g/mol. The minimum atomic E-state index is 0.730. The first kappa shape index (κ1) is 14.3. The maximum atomic E-state index is 6.15. The number of nitrogens with zero attached hydrogens (tertiary/aromatic N) is 3. The first-order chi connectivity index (χ1) is 9.94. The number of anilines is 1. The van der Waals surface area contributed by atoms with Crippen molar-refractivity contribution in [2.45, 2.75) is 37.7 Å². The zero-order valence-corrected chi connectivity index (χ0v) is 14.0. The molecule has 21 heavy (non-hydrogen) atoms. The molecule has 0 atom stereocenters. The van der Waals surface area contributed by atoms with Gasteiger partial charge in [-0.3, -0.25) is 0 Å². The summed E-state index contributed by atoms with van der Waals surface area (Å²) in [5.74, 6) is 0. The van der Waals surface area contributed by atoms with Crippen molar-refractivity contribution >= 4 is 39.0 Å². The quantitative estimate of drug-likeness (QED) is 0.570. The molecule has 0 spiro atoms. The fourth-order valence-electron chi connectivity index (χ4n) is 2.06. The van der Waals surface area contributed by atoms with Crippen molar-refractivity contribution in [3.05, 3.63) is 34.1 Å². The molecule has 0 aliphatic rings. The lowest BCUT2D eigenvalue weighted by molar-refractivity contribution is 0.881.